The molecule has 5 heteroatoms. The molecular weight excluding hydrogens is 220 g/mol. The third-order valence-corrected chi connectivity index (χ3v) is 1.43. The summed E-state index contributed by atoms with van der Waals surface area (Å²) in [6, 6.07) is 1.84. The normalized spacial score (nSPS) is 7.83. The first-order chi connectivity index (χ1) is 5.74. The number of nitrogens with zero attached hydrogens (tertiary/aromatic N) is 3. The molecule has 12 heavy (non-hydrogen) atoms. The molecule has 0 aliphatic rings. The number of aromatic nitrogens is 2. The zero-order valence-corrected chi connectivity index (χ0v) is 8.46. The van der Waals surface area contributed by atoms with Crippen molar-refractivity contribution < 1.29 is 0 Å². The van der Waals surface area contributed by atoms with Gasteiger partial charge in [0.25, 0.3) is 0 Å². The lowest BCUT2D eigenvalue weighted by Crippen LogP contribution is -1.95. The molecule has 0 radical (unpaired) electrons. The maximum Gasteiger partial charge on any atom is 0.175 e. The summed E-state index contributed by atoms with van der Waals surface area (Å²) < 4.78 is 0.421. The second kappa shape index (κ2) is 5.49. The lowest BCUT2D eigenvalue weighted by molar-refractivity contribution is 1.14. The topological polar surface area (TPSA) is 75.6 Å². The van der Waals surface area contributed by atoms with Crippen molar-refractivity contribution in [2.45, 2.75) is 13.8 Å². The molecular formula is C7H9BrN4. The van der Waals surface area contributed by atoms with Gasteiger partial charge in [-0.3, -0.25) is 0 Å². The number of nitrogens with two attached hydrogens (primary N) is 1. The Labute approximate surface area is 79.6 Å². The summed E-state index contributed by atoms with van der Waals surface area (Å²) in [5.74, 6) is 0.250. The van der Waals surface area contributed by atoms with E-state index in [-0.39, 0.29) is 11.5 Å². The first-order valence-corrected chi connectivity index (χ1v) is 4.21. The molecule has 0 saturated heterocycles. The predicted molar refractivity (Wildman–Crippen MR) is 50.2 cm³/mol. The molecule has 1 aromatic rings. The predicted octanol–water partition coefficient (Wildman–Crippen LogP) is 1.72. The summed E-state index contributed by atoms with van der Waals surface area (Å²) in [5, 5.41) is 8.40. The quantitative estimate of drug-likeness (QED) is 0.734. The number of hydrogen-bond acceptors (Lipinski definition) is 4. The number of nitriles is 1. The van der Waals surface area contributed by atoms with E-state index in [0.717, 1.165) is 0 Å². The zero-order chi connectivity index (χ0) is 9.56. The second-order valence-corrected chi connectivity index (χ2v) is 2.30. The van der Waals surface area contributed by atoms with E-state index in [2.05, 4.69) is 25.9 Å². The Kier molecular flexibility index (Phi) is 4.97. The summed E-state index contributed by atoms with van der Waals surface area (Å²) in [7, 11) is 0. The van der Waals surface area contributed by atoms with E-state index < -0.39 is 0 Å². The molecule has 0 saturated carbocycles. The van der Waals surface area contributed by atoms with Gasteiger partial charge in [-0.1, -0.05) is 13.8 Å². The zero-order valence-electron chi connectivity index (χ0n) is 6.87. The second-order valence-electron chi connectivity index (χ2n) is 1.55. The van der Waals surface area contributed by atoms with Crippen LogP contribution in [0.2, 0.25) is 0 Å². The molecule has 4 nitrogen and oxygen atoms in total. The van der Waals surface area contributed by atoms with Gasteiger partial charge in [0.2, 0.25) is 0 Å². The van der Waals surface area contributed by atoms with Crippen LogP contribution in [-0.2, 0) is 0 Å². The first-order valence-electron chi connectivity index (χ1n) is 3.42. The van der Waals surface area contributed by atoms with Gasteiger partial charge in [-0.2, -0.15) is 5.26 Å². The highest BCUT2D eigenvalue weighted by Crippen LogP contribution is 2.10. The summed E-state index contributed by atoms with van der Waals surface area (Å²) in [4.78, 5) is 7.45. The number of nitrogen functional groups attached to an aromatic ring is 1. The number of rotatable bonds is 0. The summed E-state index contributed by atoms with van der Waals surface area (Å²) in [5.41, 5.74) is 5.47. The van der Waals surface area contributed by atoms with Crippen molar-refractivity contribution in [3.8, 4) is 6.07 Å². The molecule has 0 atom stereocenters. The van der Waals surface area contributed by atoms with E-state index in [0.29, 0.717) is 4.60 Å². The minimum Gasteiger partial charge on any atom is -0.382 e. The van der Waals surface area contributed by atoms with Crippen molar-refractivity contribution in [1.82, 2.24) is 9.97 Å². The van der Waals surface area contributed by atoms with Crippen LogP contribution in [0.4, 0.5) is 5.82 Å². The van der Waals surface area contributed by atoms with Gasteiger partial charge in [-0.15, -0.1) is 0 Å². The van der Waals surface area contributed by atoms with E-state index >= 15 is 0 Å². The minimum atomic E-state index is 0.208. The van der Waals surface area contributed by atoms with E-state index in [1.807, 2.05) is 19.9 Å². The highest BCUT2D eigenvalue weighted by Gasteiger charge is 2.00. The van der Waals surface area contributed by atoms with E-state index in [1.165, 1.54) is 6.20 Å². The van der Waals surface area contributed by atoms with Crippen LogP contribution in [0.25, 0.3) is 0 Å². The fourth-order valence-electron chi connectivity index (χ4n) is 0.459. The van der Waals surface area contributed by atoms with Crippen molar-refractivity contribution in [3.63, 3.8) is 0 Å². The molecule has 1 rings (SSSR count). The Morgan fingerprint density at radius 3 is 2.58 bits per heavy atom. The van der Waals surface area contributed by atoms with E-state index in [9.17, 15) is 0 Å². The SMILES string of the molecule is CC.N#Cc1nc(N)cnc1Br. The molecule has 0 amide bonds. The van der Waals surface area contributed by atoms with Gasteiger partial charge in [-0.05, 0) is 15.9 Å². The summed E-state index contributed by atoms with van der Waals surface area (Å²) >= 11 is 3.04. The van der Waals surface area contributed by atoms with Gasteiger partial charge >= 0.3 is 0 Å². The third kappa shape index (κ3) is 2.84. The first kappa shape index (κ1) is 10.8. The van der Waals surface area contributed by atoms with Crippen LogP contribution in [0.1, 0.15) is 19.5 Å². The Morgan fingerprint density at radius 1 is 1.58 bits per heavy atom. The van der Waals surface area contributed by atoms with Crippen LogP contribution in [0.5, 0.6) is 0 Å². The Bertz CT molecular complexity index is 292. The van der Waals surface area contributed by atoms with Crippen LogP contribution in [0, 0.1) is 11.3 Å². The van der Waals surface area contributed by atoms with Gasteiger partial charge in [0.15, 0.2) is 5.69 Å². The highest BCUT2D eigenvalue weighted by atomic mass is 79.9. The molecule has 1 aromatic heterocycles. The molecule has 0 aliphatic carbocycles. The Balaban J connectivity index is 0.000000561. The molecule has 0 fully saturated rings. The molecule has 0 bridgehead atoms. The third-order valence-electron chi connectivity index (χ3n) is 0.852. The highest BCUT2D eigenvalue weighted by molar-refractivity contribution is 9.10. The largest absolute Gasteiger partial charge is 0.382 e. The monoisotopic (exact) mass is 228 g/mol. The average molecular weight is 229 g/mol. The van der Waals surface area contributed by atoms with Crippen molar-refractivity contribution in [3.05, 3.63) is 16.5 Å². The van der Waals surface area contributed by atoms with Crippen LogP contribution in [0.15, 0.2) is 10.8 Å². The molecule has 0 spiro atoms. The van der Waals surface area contributed by atoms with Crippen molar-refractivity contribution in [2.24, 2.45) is 0 Å². The maximum atomic E-state index is 8.40. The van der Waals surface area contributed by atoms with Gasteiger partial charge in [-0.25, -0.2) is 9.97 Å². The average Bonchev–Trinajstić information content (AvgIpc) is 2.13. The standard InChI is InChI=1S/C5H3BrN4.C2H6/c6-5-3(1-7)10-4(8)2-9-5;1-2/h2H,(H2,8,10);1-2H3. The molecule has 1 heterocycles. The fraction of sp³-hybridized carbons (Fsp3) is 0.286. The number of anilines is 1. The van der Waals surface area contributed by atoms with E-state index in [4.69, 9.17) is 11.0 Å². The van der Waals surface area contributed by atoms with Crippen LogP contribution in [0.3, 0.4) is 0 Å². The molecule has 0 aromatic carbocycles. The number of halogens is 1. The fourth-order valence-corrected chi connectivity index (χ4v) is 0.739. The Morgan fingerprint density at radius 2 is 2.17 bits per heavy atom. The molecule has 0 aliphatic heterocycles. The number of hydrogen-bond donors (Lipinski definition) is 1. The van der Waals surface area contributed by atoms with Crippen molar-refractivity contribution in [2.75, 3.05) is 5.73 Å². The Hall–Kier alpha value is -1.15. The van der Waals surface area contributed by atoms with Gasteiger partial charge in [0, 0.05) is 0 Å². The van der Waals surface area contributed by atoms with E-state index in [1.54, 1.807) is 0 Å². The lowest BCUT2D eigenvalue weighted by atomic mass is 10.5. The minimum absolute atomic E-state index is 0.208. The van der Waals surface area contributed by atoms with Gasteiger partial charge < -0.3 is 5.73 Å². The van der Waals surface area contributed by atoms with Crippen molar-refractivity contribution in [1.29, 1.82) is 5.26 Å². The maximum absolute atomic E-state index is 8.40. The van der Waals surface area contributed by atoms with Gasteiger partial charge in [0.1, 0.15) is 16.5 Å². The van der Waals surface area contributed by atoms with Crippen LogP contribution < -0.4 is 5.73 Å². The smallest absolute Gasteiger partial charge is 0.175 e. The van der Waals surface area contributed by atoms with Gasteiger partial charge in [0.05, 0.1) is 6.20 Å². The summed E-state index contributed by atoms with van der Waals surface area (Å²) in [6.45, 7) is 4.00. The van der Waals surface area contributed by atoms with Crippen LogP contribution in [-0.4, -0.2) is 9.97 Å². The molecule has 0 unspecified atom stereocenters. The molecule has 2 N–H and O–H groups in total. The molecule has 64 valence electrons. The van der Waals surface area contributed by atoms with Crippen LogP contribution >= 0.6 is 15.9 Å². The summed E-state index contributed by atoms with van der Waals surface area (Å²) in [6.07, 6.45) is 1.38. The van der Waals surface area contributed by atoms with Crippen molar-refractivity contribution >= 4 is 21.7 Å². The lowest BCUT2D eigenvalue weighted by Gasteiger charge is -1.92.